The largest absolute Gasteiger partial charge is 0.481 e. The molecule has 1 atom stereocenters. The minimum absolute atomic E-state index is 0.0250. The number of carbonyl (C=O) groups excluding carboxylic acids is 1. The number of carboxylic acid groups (broad SMARTS) is 1. The molecule has 1 heterocycles. The third-order valence-corrected chi connectivity index (χ3v) is 5.41. The number of anilines is 1. The van der Waals surface area contributed by atoms with E-state index >= 15 is 0 Å². The predicted molar refractivity (Wildman–Crippen MR) is 110 cm³/mol. The van der Waals surface area contributed by atoms with Crippen LogP contribution in [0.25, 0.3) is 11.1 Å². The van der Waals surface area contributed by atoms with Crippen molar-refractivity contribution in [2.45, 2.75) is 26.3 Å². The number of aliphatic carboxylic acids is 1. The predicted octanol–water partition coefficient (Wildman–Crippen LogP) is 5.01. The number of fused-ring (bicyclic) bond motifs is 1. The highest BCUT2D eigenvalue weighted by Crippen LogP contribution is 2.35. The molecule has 0 bridgehead atoms. The molecule has 4 rings (SSSR count). The summed E-state index contributed by atoms with van der Waals surface area (Å²) in [7, 11) is 0. The zero-order valence-corrected chi connectivity index (χ0v) is 15.8. The van der Waals surface area contributed by atoms with Gasteiger partial charge in [-0.05, 0) is 54.3 Å². The first-order chi connectivity index (χ1) is 13.5. The first kappa shape index (κ1) is 18.0. The normalized spacial score (nSPS) is 14.1. The van der Waals surface area contributed by atoms with Gasteiger partial charge in [0.25, 0.3) is 5.91 Å². The SMILES string of the molecule is Cc1ccc(-c2cccc3c2CN(c2ccc(C(C)C(=O)O)cc2)C3=O)cc1. The number of aryl methyl sites for hydroxylation is 1. The molecule has 0 fully saturated rings. The second kappa shape index (κ2) is 6.97. The van der Waals surface area contributed by atoms with Gasteiger partial charge >= 0.3 is 5.97 Å². The van der Waals surface area contributed by atoms with Crippen LogP contribution in [0.3, 0.4) is 0 Å². The molecule has 0 aliphatic carbocycles. The average Bonchev–Trinajstić information content (AvgIpc) is 3.05. The summed E-state index contributed by atoms with van der Waals surface area (Å²) in [5, 5.41) is 9.17. The quantitative estimate of drug-likeness (QED) is 0.701. The monoisotopic (exact) mass is 371 g/mol. The first-order valence-corrected chi connectivity index (χ1v) is 9.29. The highest BCUT2D eigenvalue weighted by atomic mass is 16.4. The maximum absolute atomic E-state index is 13.0. The molecule has 4 heteroatoms. The van der Waals surface area contributed by atoms with Crippen molar-refractivity contribution in [1.82, 2.24) is 0 Å². The van der Waals surface area contributed by atoms with Crippen LogP contribution in [0, 0.1) is 6.92 Å². The second-order valence-corrected chi connectivity index (χ2v) is 7.24. The summed E-state index contributed by atoms with van der Waals surface area (Å²) in [6.45, 7) is 4.22. The van der Waals surface area contributed by atoms with Gasteiger partial charge in [-0.1, -0.05) is 54.1 Å². The van der Waals surface area contributed by atoms with E-state index in [1.54, 1.807) is 24.0 Å². The summed E-state index contributed by atoms with van der Waals surface area (Å²) < 4.78 is 0. The summed E-state index contributed by atoms with van der Waals surface area (Å²) in [4.78, 5) is 25.9. The van der Waals surface area contributed by atoms with Crippen molar-refractivity contribution in [3.63, 3.8) is 0 Å². The molecule has 1 aliphatic heterocycles. The maximum Gasteiger partial charge on any atom is 0.310 e. The molecule has 1 unspecified atom stereocenters. The lowest BCUT2D eigenvalue weighted by molar-refractivity contribution is -0.138. The highest BCUT2D eigenvalue weighted by molar-refractivity contribution is 6.11. The second-order valence-electron chi connectivity index (χ2n) is 7.24. The molecule has 1 N–H and O–H groups in total. The number of hydrogen-bond donors (Lipinski definition) is 1. The molecule has 3 aromatic rings. The molecule has 0 spiro atoms. The summed E-state index contributed by atoms with van der Waals surface area (Å²) in [6.07, 6.45) is 0. The van der Waals surface area contributed by atoms with E-state index in [-0.39, 0.29) is 5.91 Å². The van der Waals surface area contributed by atoms with Crippen LogP contribution in [0.2, 0.25) is 0 Å². The number of amides is 1. The fourth-order valence-electron chi connectivity index (χ4n) is 3.63. The number of rotatable bonds is 4. The number of benzene rings is 3. The number of nitrogens with zero attached hydrogens (tertiary/aromatic N) is 1. The molecule has 0 saturated heterocycles. The van der Waals surface area contributed by atoms with E-state index in [1.807, 2.05) is 24.3 Å². The van der Waals surface area contributed by atoms with Gasteiger partial charge in [0.1, 0.15) is 0 Å². The fraction of sp³-hybridized carbons (Fsp3) is 0.167. The first-order valence-electron chi connectivity index (χ1n) is 9.29. The Morgan fingerprint density at radius 2 is 1.61 bits per heavy atom. The van der Waals surface area contributed by atoms with Crippen LogP contribution in [0.4, 0.5) is 5.69 Å². The molecule has 140 valence electrons. The van der Waals surface area contributed by atoms with Crippen LogP contribution in [0.5, 0.6) is 0 Å². The number of carboxylic acids is 1. The van der Waals surface area contributed by atoms with Crippen LogP contribution >= 0.6 is 0 Å². The van der Waals surface area contributed by atoms with Crippen molar-refractivity contribution in [3.8, 4) is 11.1 Å². The van der Waals surface area contributed by atoms with Gasteiger partial charge in [-0.15, -0.1) is 0 Å². The Bertz CT molecular complexity index is 1050. The van der Waals surface area contributed by atoms with Gasteiger partial charge in [-0.3, -0.25) is 9.59 Å². The van der Waals surface area contributed by atoms with E-state index in [1.165, 1.54) is 5.56 Å². The molecule has 0 aromatic heterocycles. The summed E-state index contributed by atoms with van der Waals surface area (Å²) in [6, 6.07) is 21.4. The lowest BCUT2D eigenvalue weighted by Crippen LogP contribution is -2.23. The summed E-state index contributed by atoms with van der Waals surface area (Å²) >= 11 is 0. The minimum Gasteiger partial charge on any atom is -0.481 e. The smallest absolute Gasteiger partial charge is 0.310 e. The average molecular weight is 371 g/mol. The third kappa shape index (κ3) is 3.07. The molecule has 0 saturated carbocycles. The molecule has 4 nitrogen and oxygen atoms in total. The molecular formula is C24H21NO3. The van der Waals surface area contributed by atoms with Gasteiger partial charge < -0.3 is 10.0 Å². The van der Waals surface area contributed by atoms with Crippen LogP contribution in [-0.4, -0.2) is 17.0 Å². The van der Waals surface area contributed by atoms with Crippen LogP contribution < -0.4 is 4.90 Å². The minimum atomic E-state index is -0.861. The Balaban J connectivity index is 1.67. The van der Waals surface area contributed by atoms with Crippen molar-refractivity contribution in [3.05, 3.63) is 89.0 Å². The van der Waals surface area contributed by atoms with E-state index in [0.29, 0.717) is 6.54 Å². The van der Waals surface area contributed by atoms with Gasteiger partial charge in [0.15, 0.2) is 0 Å². The van der Waals surface area contributed by atoms with Crippen molar-refractivity contribution >= 4 is 17.6 Å². The lowest BCUT2D eigenvalue weighted by atomic mass is 9.96. The van der Waals surface area contributed by atoms with E-state index < -0.39 is 11.9 Å². The number of carbonyl (C=O) groups is 2. The molecule has 1 amide bonds. The molecule has 1 aliphatic rings. The van der Waals surface area contributed by atoms with Crippen molar-refractivity contribution in [2.75, 3.05) is 4.90 Å². The zero-order valence-electron chi connectivity index (χ0n) is 15.8. The van der Waals surface area contributed by atoms with Crippen LogP contribution in [0.1, 0.15) is 39.9 Å². The highest BCUT2D eigenvalue weighted by Gasteiger charge is 2.30. The van der Waals surface area contributed by atoms with Gasteiger partial charge in [-0.25, -0.2) is 0 Å². The van der Waals surface area contributed by atoms with Crippen LogP contribution in [0.15, 0.2) is 66.7 Å². The third-order valence-electron chi connectivity index (χ3n) is 5.41. The van der Waals surface area contributed by atoms with Crippen LogP contribution in [-0.2, 0) is 11.3 Å². The van der Waals surface area contributed by atoms with E-state index in [2.05, 4.69) is 37.3 Å². The van der Waals surface area contributed by atoms with Crippen molar-refractivity contribution < 1.29 is 14.7 Å². The summed E-state index contributed by atoms with van der Waals surface area (Å²) in [5.74, 6) is -1.46. The zero-order chi connectivity index (χ0) is 19.8. The Morgan fingerprint density at radius 3 is 2.25 bits per heavy atom. The van der Waals surface area contributed by atoms with Crippen molar-refractivity contribution in [1.29, 1.82) is 0 Å². The topological polar surface area (TPSA) is 57.6 Å². The standard InChI is InChI=1S/C24H21NO3/c1-15-6-8-18(9-7-15)20-4-3-5-21-22(20)14-25(23(21)26)19-12-10-17(11-13-19)16(2)24(27)28/h3-13,16H,14H2,1-2H3,(H,27,28). The van der Waals surface area contributed by atoms with E-state index in [9.17, 15) is 9.59 Å². The van der Waals surface area contributed by atoms with E-state index in [0.717, 1.165) is 33.5 Å². The fourth-order valence-corrected chi connectivity index (χ4v) is 3.63. The lowest BCUT2D eigenvalue weighted by Gasteiger charge is -2.17. The molecule has 28 heavy (non-hydrogen) atoms. The Kier molecular flexibility index (Phi) is 4.47. The van der Waals surface area contributed by atoms with Crippen molar-refractivity contribution in [2.24, 2.45) is 0 Å². The van der Waals surface area contributed by atoms with Gasteiger partial charge in [0, 0.05) is 11.3 Å². The molecule has 0 radical (unpaired) electrons. The Morgan fingerprint density at radius 1 is 0.964 bits per heavy atom. The van der Waals surface area contributed by atoms with Gasteiger partial charge in [0.2, 0.25) is 0 Å². The Labute approximate surface area is 164 Å². The number of hydrogen-bond acceptors (Lipinski definition) is 2. The molecular weight excluding hydrogens is 350 g/mol. The van der Waals surface area contributed by atoms with E-state index in [4.69, 9.17) is 5.11 Å². The molecule has 3 aromatic carbocycles. The van der Waals surface area contributed by atoms with Gasteiger partial charge in [0.05, 0.1) is 12.5 Å². The maximum atomic E-state index is 13.0. The van der Waals surface area contributed by atoms with Gasteiger partial charge in [-0.2, -0.15) is 0 Å². The Hall–Kier alpha value is -3.40. The summed E-state index contributed by atoms with van der Waals surface area (Å²) in [5.41, 5.74) is 6.62.